The monoisotopic (exact) mass is 331 g/mol. The first-order valence-electron chi connectivity index (χ1n) is 7.90. The van der Waals surface area contributed by atoms with Gasteiger partial charge in [-0.1, -0.05) is 0 Å². The zero-order valence-corrected chi connectivity index (χ0v) is 13.9. The summed E-state index contributed by atoms with van der Waals surface area (Å²) in [5.41, 5.74) is -0.362. The van der Waals surface area contributed by atoms with Gasteiger partial charge in [0.25, 0.3) is 0 Å². The lowest BCUT2D eigenvalue weighted by Gasteiger charge is -2.36. The summed E-state index contributed by atoms with van der Waals surface area (Å²) in [5.74, 6) is -0.760. The minimum absolute atomic E-state index is 0.00348. The molecule has 0 spiro atoms. The summed E-state index contributed by atoms with van der Waals surface area (Å²) in [6.07, 6.45) is 6.44. The van der Waals surface area contributed by atoms with E-state index in [-0.39, 0.29) is 36.0 Å². The Hall–Kier alpha value is -1.11. The second-order valence-electron chi connectivity index (χ2n) is 6.92. The Bertz CT molecular complexity index is 538. The van der Waals surface area contributed by atoms with Crippen molar-refractivity contribution < 1.29 is 23.1 Å². The van der Waals surface area contributed by atoms with Crippen LogP contribution in [0.1, 0.15) is 51.4 Å². The van der Waals surface area contributed by atoms with E-state index in [1.165, 1.54) is 6.26 Å². The van der Waals surface area contributed by atoms with Crippen molar-refractivity contribution in [1.29, 1.82) is 0 Å². The van der Waals surface area contributed by atoms with Crippen molar-refractivity contribution in [3.8, 4) is 0 Å². The Labute approximate surface area is 131 Å². The molecule has 1 heterocycles. The number of piperidine rings is 1. The van der Waals surface area contributed by atoms with Gasteiger partial charge in [-0.2, -0.15) is 0 Å². The van der Waals surface area contributed by atoms with Gasteiger partial charge in [-0.3, -0.25) is 9.59 Å². The number of amides is 1. The molecule has 6 nitrogen and oxygen atoms in total. The Balaban J connectivity index is 1.96. The third kappa shape index (κ3) is 4.97. The fourth-order valence-electron chi connectivity index (χ4n) is 3.45. The van der Waals surface area contributed by atoms with Crippen molar-refractivity contribution in [2.75, 3.05) is 18.6 Å². The van der Waals surface area contributed by atoms with Crippen LogP contribution in [-0.4, -0.2) is 54.9 Å². The molecule has 1 atom stereocenters. The Morgan fingerprint density at radius 1 is 1.27 bits per heavy atom. The van der Waals surface area contributed by atoms with Crippen LogP contribution >= 0.6 is 0 Å². The van der Waals surface area contributed by atoms with E-state index in [4.69, 9.17) is 5.11 Å². The predicted molar refractivity (Wildman–Crippen MR) is 82.2 cm³/mol. The SMILES string of the molecule is CS(=O)(=O)CC1(CC(=O)N2CCCCC2CCC(=O)O)CC1. The lowest BCUT2D eigenvalue weighted by atomic mass is 9.95. The predicted octanol–water partition coefficient (Wildman–Crippen LogP) is 1.45. The number of nitrogens with zero attached hydrogens (tertiary/aromatic N) is 1. The van der Waals surface area contributed by atoms with E-state index in [0.717, 1.165) is 32.1 Å². The van der Waals surface area contributed by atoms with Gasteiger partial charge in [0.2, 0.25) is 5.91 Å². The maximum Gasteiger partial charge on any atom is 0.303 e. The fraction of sp³-hybridized carbons (Fsp3) is 0.867. The third-order valence-electron chi connectivity index (χ3n) is 4.69. The van der Waals surface area contributed by atoms with Gasteiger partial charge in [0, 0.05) is 31.7 Å². The van der Waals surface area contributed by atoms with Crippen molar-refractivity contribution in [2.24, 2.45) is 5.41 Å². The maximum atomic E-state index is 12.6. The van der Waals surface area contributed by atoms with Crippen molar-refractivity contribution in [1.82, 2.24) is 4.90 Å². The highest BCUT2D eigenvalue weighted by atomic mass is 32.2. The number of likely N-dealkylation sites (tertiary alicyclic amines) is 1. The largest absolute Gasteiger partial charge is 0.481 e. The van der Waals surface area contributed by atoms with Gasteiger partial charge in [-0.15, -0.1) is 0 Å². The molecule has 0 aromatic heterocycles. The zero-order valence-electron chi connectivity index (χ0n) is 13.1. The number of carboxylic acids is 1. The highest BCUT2D eigenvalue weighted by Crippen LogP contribution is 2.50. The molecule has 0 aromatic carbocycles. The molecule has 2 aliphatic rings. The van der Waals surface area contributed by atoms with E-state index < -0.39 is 15.8 Å². The molecule has 0 aromatic rings. The Morgan fingerprint density at radius 3 is 2.50 bits per heavy atom. The van der Waals surface area contributed by atoms with Crippen molar-refractivity contribution in [3.63, 3.8) is 0 Å². The first-order valence-corrected chi connectivity index (χ1v) is 9.96. The average Bonchev–Trinajstić information content (AvgIpc) is 3.13. The normalized spacial score (nSPS) is 24.0. The number of sulfone groups is 1. The van der Waals surface area contributed by atoms with Crippen molar-refractivity contribution in [3.05, 3.63) is 0 Å². The second kappa shape index (κ2) is 6.56. The number of hydrogen-bond donors (Lipinski definition) is 1. The summed E-state index contributed by atoms with van der Waals surface area (Å²) in [4.78, 5) is 25.1. The third-order valence-corrected chi connectivity index (χ3v) is 5.83. The number of carbonyl (C=O) groups is 2. The summed E-state index contributed by atoms with van der Waals surface area (Å²) < 4.78 is 23.0. The molecule has 0 radical (unpaired) electrons. The summed E-state index contributed by atoms with van der Waals surface area (Å²) in [6, 6.07) is -0.00798. The number of carboxylic acid groups (broad SMARTS) is 1. The second-order valence-corrected chi connectivity index (χ2v) is 9.06. The molecule has 1 N–H and O–H groups in total. The molecule has 1 aliphatic carbocycles. The van der Waals surface area contributed by atoms with E-state index in [0.29, 0.717) is 13.0 Å². The van der Waals surface area contributed by atoms with Crippen LogP contribution in [0.25, 0.3) is 0 Å². The number of carbonyl (C=O) groups excluding carboxylic acids is 1. The van der Waals surface area contributed by atoms with Gasteiger partial charge in [0.05, 0.1) is 5.75 Å². The number of rotatable bonds is 7. The smallest absolute Gasteiger partial charge is 0.303 e. The molecule has 1 saturated carbocycles. The quantitative estimate of drug-likeness (QED) is 0.762. The lowest BCUT2D eigenvalue weighted by Crippen LogP contribution is -2.45. The van der Waals surface area contributed by atoms with Gasteiger partial charge in [-0.05, 0) is 43.9 Å². The van der Waals surface area contributed by atoms with E-state index >= 15 is 0 Å². The van der Waals surface area contributed by atoms with Crippen LogP contribution in [0.5, 0.6) is 0 Å². The van der Waals surface area contributed by atoms with E-state index in [1.807, 2.05) is 0 Å². The van der Waals surface area contributed by atoms with Crippen LogP contribution < -0.4 is 0 Å². The van der Waals surface area contributed by atoms with Gasteiger partial charge in [0.1, 0.15) is 9.84 Å². The van der Waals surface area contributed by atoms with Crippen LogP contribution in [0, 0.1) is 5.41 Å². The van der Waals surface area contributed by atoms with Crippen LogP contribution in [0.3, 0.4) is 0 Å². The molecular formula is C15H25NO5S. The first kappa shape index (κ1) is 17.2. The maximum absolute atomic E-state index is 12.6. The molecule has 1 saturated heterocycles. The standard InChI is InChI=1S/C15H25NO5S/c1-22(20,21)11-15(7-8-15)10-13(17)16-9-3-2-4-12(16)5-6-14(18)19/h12H,2-11H2,1H3,(H,18,19). The van der Waals surface area contributed by atoms with Gasteiger partial charge >= 0.3 is 5.97 Å². The van der Waals surface area contributed by atoms with Crippen LogP contribution in [0.4, 0.5) is 0 Å². The van der Waals surface area contributed by atoms with E-state index in [1.54, 1.807) is 4.90 Å². The summed E-state index contributed by atoms with van der Waals surface area (Å²) in [6.45, 7) is 0.665. The van der Waals surface area contributed by atoms with Crippen LogP contribution in [0.2, 0.25) is 0 Å². The molecule has 0 bridgehead atoms. The molecule has 126 valence electrons. The molecular weight excluding hydrogens is 306 g/mol. The van der Waals surface area contributed by atoms with Crippen molar-refractivity contribution in [2.45, 2.75) is 57.4 Å². The number of hydrogen-bond acceptors (Lipinski definition) is 4. The van der Waals surface area contributed by atoms with Crippen molar-refractivity contribution >= 4 is 21.7 Å². The lowest BCUT2D eigenvalue weighted by molar-refractivity contribution is -0.140. The van der Waals surface area contributed by atoms with Gasteiger partial charge in [0.15, 0.2) is 0 Å². The Morgan fingerprint density at radius 2 is 1.95 bits per heavy atom. The minimum Gasteiger partial charge on any atom is -0.481 e. The van der Waals surface area contributed by atoms with Crippen LogP contribution in [0.15, 0.2) is 0 Å². The zero-order chi connectivity index (χ0) is 16.4. The summed E-state index contributed by atoms with van der Waals surface area (Å²) in [7, 11) is -3.08. The molecule has 1 amide bonds. The summed E-state index contributed by atoms with van der Waals surface area (Å²) in [5, 5.41) is 8.82. The van der Waals surface area contributed by atoms with E-state index in [9.17, 15) is 18.0 Å². The minimum atomic E-state index is -3.08. The Kier molecular flexibility index (Phi) is 5.14. The molecule has 2 fully saturated rings. The van der Waals surface area contributed by atoms with E-state index in [2.05, 4.69) is 0 Å². The molecule has 22 heavy (non-hydrogen) atoms. The first-order chi connectivity index (χ1) is 10.2. The van der Waals surface area contributed by atoms with Crippen LogP contribution in [-0.2, 0) is 19.4 Å². The number of aliphatic carboxylic acids is 1. The average molecular weight is 331 g/mol. The highest BCUT2D eigenvalue weighted by Gasteiger charge is 2.47. The molecule has 1 aliphatic heterocycles. The fourth-order valence-corrected chi connectivity index (χ4v) is 4.95. The van der Waals surface area contributed by atoms with Gasteiger partial charge < -0.3 is 10.0 Å². The van der Waals surface area contributed by atoms with Gasteiger partial charge in [-0.25, -0.2) is 8.42 Å². The molecule has 7 heteroatoms. The molecule has 1 unspecified atom stereocenters. The highest BCUT2D eigenvalue weighted by molar-refractivity contribution is 7.90. The topological polar surface area (TPSA) is 91.8 Å². The summed E-state index contributed by atoms with van der Waals surface area (Å²) >= 11 is 0. The molecule has 2 rings (SSSR count).